The predicted molar refractivity (Wildman–Crippen MR) is 113 cm³/mol. The molecule has 8 heteroatoms. The Hall–Kier alpha value is -3.26. The van der Waals surface area contributed by atoms with E-state index in [1.165, 1.54) is 11.9 Å². The first-order valence-corrected chi connectivity index (χ1v) is 11.0. The van der Waals surface area contributed by atoms with E-state index in [0.717, 1.165) is 22.7 Å². The van der Waals surface area contributed by atoms with Gasteiger partial charge in [-0.25, -0.2) is 13.4 Å². The molecule has 4 rings (SSSR count). The van der Waals surface area contributed by atoms with Crippen LogP contribution in [0.25, 0.3) is 10.9 Å². The van der Waals surface area contributed by atoms with Crippen LogP contribution in [0.3, 0.4) is 0 Å². The molecule has 0 radical (unpaired) electrons. The average molecular weight is 408 g/mol. The highest BCUT2D eigenvalue weighted by atomic mass is 32.2. The largest absolute Gasteiger partial charge is 0.283 e. The van der Waals surface area contributed by atoms with E-state index in [1.54, 1.807) is 24.4 Å². The van der Waals surface area contributed by atoms with E-state index in [1.807, 2.05) is 36.4 Å². The van der Waals surface area contributed by atoms with Crippen molar-refractivity contribution in [3.8, 4) is 0 Å². The smallest absolute Gasteiger partial charge is 0.240 e. The van der Waals surface area contributed by atoms with Crippen LogP contribution in [0.4, 0.5) is 5.69 Å². The number of anilines is 1. The Balaban J connectivity index is 1.78. The Kier molecular flexibility index (Phi) is 4.79. The number of benzene rings is 2. The number of rotatable bonds is 4. The molecule has 0 aliphatic carbocycles. The maximum atomic E-state index is 12.3. The van der Waals surface area contributed by atoms with Crippen LogP contribution >= 0.6 is 0 Å². The van der Waals surface area contributed by atoms with Crippen LogP contribution in [-0.2, 0) is 14.8 Å². The van der Waals surface area contributed by atoms with Gasteiger partial charge in [-0.1, -0.05) is 42.5 Å². The molecule has 1 amide bonds. The number of hydrogen-bond donors (Lipinski definition) is 1. The zero-order valence-electron chi connectivity index (χ0n) is 16.0. The van der Waals surface area contributed by atoms with Gasteiger partial charge in [0.1, 0.15) is 0 Å². The normalized spacial score (nSPS) is 16.7. The number of amides is 1. The number of hydrazone groups is 1. The highest BCUT2D eigenvalue weighted by Crippen LogP contribution is 2.37. The number of pyridine rings is 1. The number of carbonyl (C=O) groups is 1. The maximum absolute atomic E-state index is 12.3. The molecule has 3 aromatic rings. The van der Waals surface area contributed by atoms with Crippen molar-refractivity contribution < 1.29 is 13.2 Å². The fourth-order valence-corrected chi connectivity index (χ4v) is 4.20. The van der Waals surface area contributed by atoms with Crippen LogP contribution in [0.1, 0.15) is 30.5 Å². The molecular formula is C21H20N4O3S. The van der Waals surface area contributed by atoms with Gasteiger partial charge in [-0.3, -0.25) is 14.5 Å². The fraction of sp³-hybridized carbons (Fsp3) is 0.190. The van der Waals surface area contributed by atoms with Gasteiger partial charge in [-0.2, -0.15) is 5.10 Å². The minimum Gasteiger partial charge on any atom is -0.283 e. The number of para-hydroxylation sites is 2. The molecule has 1 aromatic heterocycles. The number of sulfonamides is 1. The zero-order valence-corrected chi connectivity index (χ0v) is 16.8. The molecule has 0 fully saturated rings. The van der Waals surface area contributed by atoms with Gasteiger partial charge in [0, 0.05) is 36.1 Å². The van der Waals surface area contributed by atoms with E-state index in [4.69, 9.17) is 0 Å². The molecule has 29 heavy (non-hydrogen) atoms. The zero-order chi connectivity index (χ0) is 20.6. The molecule has 1 atom stereocenters. The Bertz CT molecular complexity index is 1230. The van der Waals surface area contributed by atoms with E-state index in [2.05, 4.69) is 14.8 Å². The van der Waals surface area contributed by atoms with Crippen molar-refractivity contribution in [2.45, 2.75) is 19.4 Å². The average Bonchev–Trinajstić information content (AvgIpc) is 3.12. The summed E-state index contributed by atoms with van der Waals surface area (Å²) in [5, 5.41) is 6.99. The molecule has 0 unspecified atom stereocenters. The fourth-order valence-electron chi connectivity index (χ4n) is 3.63. The summed E-state index contributed by atoms with van der Waals surface area (Å²) in [5.74, 6) is -0.188. The van der Waals surface area contributed by atoms with Crippen molar-refractivity contribution in [1.29, 1.82) is 0 Å². The van der Waals surface area contributed by atoms with E-state index >= 15 is 0 Å². The lowest BCUT2D eigenvalue weighted by atomic mass is 9.96. The Labute approximate surface area is 169 Å². The molecule has 148 valence electrons. The van der Waals surface area contributed by atoms with E-state index in [0.29, 0.717) is 23.4 Å². The second kappa shape index (κ2) is 7.29. The van der Waals surface area contributed by atoms with Gasteiger partial charge in [-0.05, 0) is 12.1 Å². The van der Waals surface area contributed by atoms with Gasteiger partial charge in [0.15, 0.2) is 0 Å². The number of aromatic nitrogens is 1. The standard InChI is InChI=1S/C21H20N4O3S/c1-14(26)25-20(17-10-5-7-15-8-6-12-22-21(15)17)13-19(23-25)16-9-3-4-11-18(16)24-29(2,27)28/h3-12,20,24H,13H2,1-2H3/t20-/m0/s1. The third-order valence-corrected chi connectivity index (χ3v) is 5.38. The molecule has 1 N–H and O–H groups in total. The summed E-state index contributed by atoms with van der Waals surface area (Å²) in [7, 11) is -3.45. The highest BCUT2D eigenvalue weighted by Gasteiger charge is 2.33. The van der Waals surface area contributed by atoms with Crippen molar-refractivity contribution in [3.63, 3.8) is 0 Å². The van der Waals surface area contributed by atoms with Gasteiger partial charge in [0.05, 0.1) is 29.2 Å². The predicted octanol–water partition coefficient (Wildman–Crippen LogP) is 3.30. The minimum atomic E-state index is -3.45. The summed E-state index contributed by atoms with van der Waals surface area (Å²) in [4.78, 5) is 16.8. The van der Waals surface area contributed by atoms with Crippen molar-refractivity contribution in [1.82, 2.24) is 9.99 Å². The molecule has 7 nitrogen and oxygen atoms in total. The molecule has 1 aliphatic heterocycles. The second-order valence-electron chi connectivity index (χ2n) is 6.97. The summed E-state index contributed by atoms with van der Waals surface area (Å²) >= 11 is 0. The van der Waals surface area contributed by atoms with Gasteiger partial charge < -0.3 is 0 Å². The SMILES string of the molecule is CC(=O)N1N=C(c2ccccc2NS(C)(=O)=O)C[C@H]1c1cccc2cccnc12. The number of fused-ring (bicyclic) bond motifs is 1. The molecule has 2 aromatic carbocycles. The van der Waals surface area contributed by atoms with Crippen molar-refractivity contribution in [2.75, 3.05) is 11.0 Å². The van der Waals surface area contributed by atoms with Crippen LogP contribution in [0.15, 0.2) is 65.9 Å². The second-order valence-corrected chi connectivity index (χ2v) is 8.72. The lowest BCUT2D eigenvalue weighted by Crippen LogP contribution is -2.24. The van der Waals surface area contributed by atoms with Crippen LogP contribution in [0, 0.1) is 0 Å². The molecular weight excluding hydrogens is 388 g/mol. The van der Waals surface area contributed by atoms with Gasteiger partial charge in [0.2, 0.25) is 15.9 Å². The highest BCUT2D eigenvalue weighted by molar-refractivity contribution is 7.92. The van der Waals surface area contributed by atoms with Crippen LogP contribution in [-0.4, -0.2) is 36.3 Å². The van der Waals surface area contributed by atoms with Crippen molar-refractivity contribution in [2.24, 2.45) is 5.10 Å². The first kappa shape index (κ1) is 19.1. The molecule has 0 spiro atoms. The van der Waals surface area contributed by atoms with Crippen molar-refractivity contribution in [3.05, 3.63) is 71.9 Å². The van der Waals surface area contributed by atoms with Crippen LogP contribution < -0.4 is 4.72 Å². The van der Waals surface area contributed by atoms with E-state index in [-0.39, 0.29) is 11.9 Å². The van der Waals surface area contributed by atoms with Crippen molar-refractivity contribution >= 4 is 38.2 Å². The molecule has 0 saturated heterocycles. The molecule has 0 saturated carbocycles. The Morgan fingerprint density at radius 1 is 1.10 bits per heavy atom. The van der Waals surface area contributed by atoms with Gasteiger partial charge in [0.25, 0.3) is 0 Å². The maximum Gasteiger partial charge on any atom is 0.240 e. The lowest BCUT2D eigenvalue weighted by molar-refractivity contribution is -0.130. The third kappa shape index (κ3) is 3.84. The Morgan fingerprint density at radius 3 is 2.62 bits per heavy atom. The molecule has 1 aliphatic rings. The minimum absolute atomic E-state index is 0.188. The summed E-state index contributed by atoms with van der Waals surface area (Å²) in [5.41, 5.74) is 3.47. The summed E-state index contributed by atoms with van der Waals surface area (Å²) < 4.78 is 26.0. The monoisotopic (exact) mass is 408 g/mol. The lowest BCUT2D eigenvalue weighted by Gasteiger charge is -2.21. The Morgan fingerprint density at radius 2 is 1.86 bits per heavy atom. The van der Waals surface area contributed by atoms with Crippen LogP contribution in [0.2, 0.25) is 0 Å². The van der Waals surface area contributed by atoms with E-state index in [9.17, 15) is 13.2 Å². The summed E-state index contributed by atoms with van der Waals surface area (Å²) in [6.45, 7) is 1.47. The number of hydrogen-bond acceptors (Lipinski definition) is 5. The quantitative estimate of drug-likeness (QED) is 0.717. The third-order valence-electron chi connectivity index (χ3n) is 4.79. The van der Waals surface area contributed by atoms with Gasteiger partial charge in [-0.15, -0.1) is 0 Å². The number of nitrogens with zero attached hydrogens (tertiary/aromatic N) is 3. The number of carbonyl (C=O) groups excluding carboxylic acids is 1. The topological polar surface area (TPSA) is 91.7 Å². The first-order chi connectivity index (χ1) is 13.8. The molecule has 0 bridgehead atoms. The van der Waals surface area contributed by atoms with Gasteiger partial charge >= 0.3 is 0 Å². The summed E-state index contributed by atoms with van der Waals surface area (Å²) in [6, 6.07) is 16.5. The van der Waals surface area contributed by atoms with E-state index < -0.39 is 10.0 Å². The summed E-state index contributed by atoms with van der Waals surface area (Å²) in [6.07, 6.45) is 3.29. The molecule has 2 heterocycles. The first-order valence-electron chi connectivity index (χ1n) is 9.11. The number of nitrogens with one attached hydrogen (secondary N) is 1. The van der Waals surface area contributed by atoms with Crippen LogP contribution in [0.5, 0.6) is 0 Å².